The molecule has 0 saturated carbocycles. The molecule has 6 rings (SSSR count). The van der Waals surface area contributed by atoms with Gasteiger partial charge in [-0.05, 0) is 49.6 Å². The van der Waals surface area contributed by atoms with Crippen molar-refractivity contribution in [3.8, 4) is 22.4 Å². The Morgan fingerprint density at radius 1 is 0.972 bits per heavy atom. The molecular formula is C30H28FN3O2. The number of piperidine rings is 1. The number of carbonyl (C=O) groups is 1. The minimum absolute atomic E-state index is 0.0619. The van der Waals surface area contributed by atoms with Crippen LogP contribution in [0.25, 0.3) is 22.4 Å². The van der Waals surface area contributed by atoms with Gasteiger partial charge in [0.05, 0.1) is 6.04 Å². The second-order valence-corrected chi connectivity index (χ2v) is 9.85. The number of carbonyl (C=O) groups excluding carboxylic acids is 1. The molecule has 0 N–H and O–H groups in total. The third-order valence-electron chi connectivity index (χ3n) is 7.46. The van der Waals surface area contributed by atoms with Crippen molar-refractivity contribution in [2.45, 2.75) is 26.3 Å². The number of anilines is 1. The van der Waals surface area contributed by atoms with Gasteiger partial charge < -0.3 is 14.2 Å². The Kier molecular flexibility index (Phi) is 5.59. The third kappa shape index (κ3) is 3.96. The van der Waals surface area contributed by atoms with Gasteiger partial charge in [-0.2, -0.15) is 4.98 Å². The number of likely N-dealkylation sites (tertiary alicyclic amines) is 1. The number of aromatic nitrogens is 1. The molecule has 2 aliphatic heterocycles. The molecule has 0 radical (unpaired) electrons. The van der Waals surface area contributed by atoms with E-state index in [2.05, 4.69) is 11.0 Å². The van der Waals surface area contributed by atoms with Gasteiger partial charge >= 0.3 is 0 Å². The number of aryl methyl sites for hydroxylation is 2. The van der Waals surface area contributed by atoms with Gasteiger partial charge in [0.25, 0.3) is 11.9 Å². The van der Waals surface area contributed by atoms with E-state index in [0.717, 1.165) is 41.8 Å². The fourth-order valence-electron chi connectivity index (χ4n) is 5.48. The molecular weight excluding hydrogens is 453 g/mol. The number of hydrogen-bond donors (Lipinski definition) is 0. The Hall–Kier alpha value is -3.93. The van der Waals surface area contributed by atoms with Crippen LogP contribution >= 0.6 is 0 Å². The Morgan fingerprint density at radius 2 is 1.78 bits per heavy atom. The predicted octanol–water partition coefficient (Wildman–Crippen LogP) is 6.12. The highest BCUT2D eigenvalue weighted by atomic mass is 19.1. The van der Waals surface area contributed by atoms with Crippen LogP contribution in [0.3, 0.4) is 0 Å². The Morgan fingerprint density at radius 3 is 2.58 bits per heavy atom. The molecule has 1 aromatic heterocycles. The predicted molar refractivity (Wildman–Crippen MR) is 138 cm³/mol. The lowest BCUT2D eigenvalue weighted by molar-refractivity contribution is 0.0583. The van der Waals surface area contributed by atoms with Crippen molar-refractivity contribution >= 4 is 11.9 Å². The lowest BCUT2D eigenvalue weighted by Gasteiger charge is -2.52. The first kappa shape index (κ1) is 22.5. The normalized spacial score (nSPS) is 19.1. The number of oxazole rings is 1. The highest BCUT2D eigenvalue weighted by molar-refractivity contribution is 6.01. The van der Waals surface area contributed by atoms with Crippen LogP contribution in [0.4, 0.5) is 10.4 Å². The van der Waals surface area contributed by atoms with E-state index >= 15 is 0 Å². The molecule has 0 spiro atoms. The number of hydrogen-bond acceptors (Lipinski definition) is 4. The topological polar surface area (TPSA) is 49.6 Å². The molecule has 2 saturated heterocycles. The van der Waals surface area contributed by atoms with Gasteiger partial charge in [-0.3, -0.25) is 4.79 Å². The zero-order chi connectivity index (χ0) is 24.8. The van der Waals surface area contributed by atoms with Crippen molar-refractivity contribution in [1.82, 2.24) is 9.88 Å². The maximum atomic E-state index is 13.8. The van der Waals surface area contributed by atoms with Gasteiger partial charge in [-0.15, -0.1) is 0 Å². The number of nitrogens with zero attached hydrogens (tertiary/aromatic N) is 3. The quantitative estimate of drug-likeness (QED) is 0.353. The van der Waals surface area contributed by atoms with Crippen molar-refractivity contribution in [3.63, 3.8) is 0 Å². The maximum absolute atomic E-state index is 13.8. The molecule has 36 heavy (non-hydrogen) atoms. The van der Waals surface area contributed by atoms with Gasteiger partial charge in [0.1, 0.15) is 17.3 Å². The fraction of sp³-hybridized carbons (Fsp3) is 0.267. The number of benzene rings is 3. The Balaban J connectivity index is 1.24. The van der Waals surface area contributed by atoms with Gasteiger partial charge in [-0.25, -0.2) is 4.39 Å². The summed E-state index contributed by atoms with van der Waals surface area (Å²) in [6.07, 6.45) is 0.954. The van der Waals surface area contributed by atoms with Crippen LogP contribution in [0, 0.1) is 25.6 Å². The summed E-state index contributed by atoms with van der Waals surface area (Å²) in [7, 11) is 0. The van der Waals surface area contributed by atoms with Gasteiger partial charge in [0.2, 0.25) is 0 Å². The molecule has 3 aromatic carbocycles. The summed E-state index contributed by atoms with van der Waals surface area (Å²) in [6, 6.07) is 23.3. The van der Waals surface area contributed by atoms with E-state index in [-0.39, 0.29) is 17.8 Å². The van der Waals surface area contributed by atoms with E-state index in [0.29, 0.717) is 35.5 Å². The minimum atomic E-state index is -0.298. The molecule has 2 aliphatic rings. The third-order valence-corrected chi connectivity index (χ3v) is 7.46. The van der Waals surface area contributed by atoms with E-state index < -0.39 is 0 Å². The summed E-state index contributed by atoms with van der Waals surface area (Å²) in [5, 5.41) is 0. The molecule has 3 heterocycles. The summed E-state index contributed by atoms with van der Waals surface area (Å²) >= 11 is 0. The SMILES string of the molecule is Cc1ccc(-c2ccccc2)c(C(=O)N2CC[C@H]3CN(c4nc(-c5cccc(F)c5)c(C)o4)[C@H]3C2)c1. The molecule has 182 valence electrons. The van der Waals surface area contributed by atoms with E-state index in [4.69, 9.17) is 9.40 Å². The summed E-state index contributed by atoms with van der Waals surface area (Å²) in [5.74, 6) is 0.930. The second-order valence-electron chi connectivity index (χ2n) is 9.85. The van der Waals surface area contributed by atoms with Crippen LogP contribution < -0.4 is 4.90 Å². The molecule has 2 atom stereocenters. The van der Waals surface area contributed by atoms with Crippen molar-refractivity contribution < 1.29 is 13.6 Å². The average Bonchev–Trinajstić information content (AvgIpc) is 3.25. The lowest BCUT2D eigenvalue weighted by Crippen LogP contribution is -2.65. The first-order chi connectivity index (χ1) is 17.5. The first-order valence-electron chi connectivity index (χ1n) is 12.4. The van der Waals surface area contributed by atoms with Crippen LogP contribution in [-0.2, 0) is 0 Å². The van der Waals surface area contributed by atoms with Crippen LogP contribution in [0.15, 0.2) is 77.2 Å². The van der Waals surface area contributed by atoms with Crippen molar-refractivity contribution in [2.75, 3.05) is 24.5 Å². The minimum Gasteiger partial charge on any atom is -0.428 e. The second kappa shape index (κ2) is 8.94. The fourth-order valence-corrected chi connectivity index (χ4v) is 5.48. The summed E-state index contributed by atoms with van der Waals surface area (Å²) in [5.41, 5.74) is 5.17. The number of rotatable bonds is 4. The van der Waals surface area contributed by atoms with Crippen molar-refractivity contribution in [1.29, 1.82) is 0 Å². The molecule has 5 nitrogen and oxygen atoms in total. The lowest BCUT2D eigenvalue weighted by atomic mass is 9.82. The average molecular weight is 482 g/mol. The number of amides is 1. The molecule has 6 heteroatoms. The maximum Gasteiger partial charge on any atom is 0.298 e. The zero-order valence-corrected chi connectivity index (χ0v) is 20.4. The molecule has 0 aliphatic carbocycles. The van der Waals surface area contributed by atoms with E-state index in [9.17, 15) is 9.18 Å². The van der Waals surface area contributed by atoms with Crippen molar-refractivity contribution in [3.05, 3.63) is 95.5 Å². The molecule has 1 amide bonds. The van der Waals surface area contributed by atoms with Crippen LogP contribution in [0.2, 0.25) is 0 Å². The smallest absolute Gasteiger partial charge is 0.298 e. The number of fused-ring (bicyclic) bond motifs is 1. The zero-order valence-electron chi connectivity index (χ0n) is 20.4. The summed E-state index contributed by atoms with van der Waals surface area (Å²) in [4.78, 5) is 22.6. The Bertz CT molecular complexity index is 1430. The number of halogens is 1. The van der Waals surface area contributed by atoms with Gasteiger partial charge in [0.15, 0.2) is 0 Å². The highest BCUT2D eigenvalue weighted by Crippen LogP contribution is 2.39. The summed E-state index contributed by atoms with van der Waals surface area (Å²) < 4.78 is 19.8. The van der Waals surface area contributed by atoms with Crippen LogP contribution in [-0.4, -0.2) is 41.5 Å². The standard InChI is InChI=1S/C30H28FN3O2/c1-19-11-12-25(21-7-4-3-5-8-21)26(15-19)29(35)33-14-13-23-17-34(27(23)18-33)30-32-28(20(2)36-30)22-9-6-10-24(31)16-22/h3-12,15-16,23,27H,13-14,17-18H2,1-2H3/t23-,27-/m0/s1. The molecule has 0 unspecified atom stereocenters. The molecule has 4 aromatic rings. The monoisotopic (exact) mass is 481 g/mol. The summed E-state index contributed by atoms with van der Waals surface area (Å²) in [6.45, 7) is 6.10. The molecule has 0 bridgehead atoms. The van der Waals surface area contributed by atoms with Crippen LogP contribution in [0.1, 0.15) is 28.1 Å². The van der Waals surface area contributed by atoms with E-state index in [1.807, 2.05) is 67.3 Å². The van der Waals surface area contributed by atoms with Gasteiger partial charge in [-0.1, -0.05) is 60.2 Å². The van der Waals surface area contributed by atoms with E-state index in [1.165, 1.54) is 12.1 Å². The van der Waals surface area contributed by atoms with Gasteiger partial charge in [0, 0.05) is 36.7 Å². The van der Waals surface area contributed by atoms with Crippen LogP contribution in [0.5, 0.6) is 0 Å². The first-order valence-corrected chi connectivity index (χ1v) is 12.4. The molecule has 2 fully saturated rings. The Labute approximate surface area is 210 Å². The van der Waals surface area contributed by atoms with E-state index in [1.54, 1.807) is 6.07 Å². The van der Waals surface area contributed by atoms with Crippen molar-refractivity contribution in [2.24, 2.45) is 5.92 Å². The highest BCUT2D eigenvalue weighted by Gasteiger charge is 2.46. The largest absolute Gasteiger partial charge is 0.428 e.